The topological polar surface area (TPSA) is 46.1 Å². The standard InChI is InChI=1S/C16H31N3O2.HI/c1-17-15(18-13-16(6-7-16)8-10-20-3)19(2)9-11-21-12-14-4-5-14;/h14H,4-13H2,1-3H3,(H,17,18);1H. The van der Waals surface area contributed by atoms with Gasteiger partial charge in [0.25, 0.3) is 0 Å². The first-order valence-electron chi connectivity index (χ1n) is 8.17. The number of aliphatic imine (C=N–C) groups is 1. The van der Waals surface area contributed by atoms with Gasteiger partial charge in [-0.3, -0.25) is 4.99 Å². The molecule has 2 saturated carbocycles. The number of nitrogens with one attached hydrogen (secondary N) is 1. The summed E-state index contributed by atoms with van der Waals surface area (Å²) in [6, 6.07) is 0. The van der Waals surface area contributed by atoms with Crippen molar-refractivity contribution in [2.45, 2.75) is 32.1 Å². The number of hydrogen-bond donors (Lipinski definition) is 1. The van der Waals surface area contributed by atoms with E-state index in [0.29, 0.717) is 5.41 Å². The number of methoxy groups -OCH3 is 1. The maximum absolute atomic E-state index is 5.69. The molecule has 0 aromatic carbocycles. The molecule has 1 N–H and O–H groups in total. The highest BCUT2D eigenvalue weighted by atomic mass is 127. The summed E-state index contributed by atoms with van der Waals surface area (Å²) in [5.41, 5.74) is 0.440. The molecule has 0 spiro atoms. The van der Waals surface area contributed by atoms with E-state index in [1.54, 1.807) is 7.11 Å². The Bertz CT molecular complexity index is 344. The molecule has 6 heteroatoms. The first-order valence-corrected chi connectivity index (χ1v) is 8.17. The molecule has 130 valence electrons. The number of rotatable bonds is 10. The van der Waals surface area contributed by atoms with E-state index in [2.05, 4.69) is 22.3 Å². The summed E-state index contributed by atoms with van der Waals surface area (Å²) in [6.07, 6.45) is 6.44. The summed E-state index contributed by atoms with van der Waals surface area (Å²) >= 11 is 0. The third-order valence-electron chi connectivity index (χ3n) is 4.61. The number of likely N-dealkylation sites (N-methyl/N-ethyl adjacent to an activating group) is 1. The summed E-state index contributed by atoms with van der Waals surface area (Å²) in [5, 5.41) is 3.51. The molecule has 0 amide bonds. The lowest BCUT2D eigenvalue weighted by molar-refractivity contribution is 0.115. The van der Waals surface area contributed by atoms with Crippen LogP contribution < -0.4 is 5.32 Å². The van der Waals surface area contributed by atoms with Crippen LogP contribution in [0, 0.1) is 11.3 Å². The average molecular weight is 425 g/mol. The van der Waals surface area contributed by atoms with Gasteiger partial charge in [0.15, 0.2) is 5.96 Å². The van der Waals surface area contributed by atoms with Crippen molar-refractivity contribution in [2.24, 2.45) is 16.3 Å². The Hall–Kier alpha value is -0.0800. The molecule has 0 unspecified atom stereocenters. The summed E-state index contributed by atoms with van der Waals surface area (Å²) in [4.78, 5) is 6.52. The van der Waals surface area contributed by atoms with E-state index < -0.39 is 0 Å². The Kier molecular flexibility index (Phi) is 9.01. The van der Waals surface area contributed by atoms with Crippen LogP contribution in [0.2, 0.25) is 0 Å². The lowest BCUT2D eigenvalue weighted by Crippen LogP contribution is -2.43. The zero-order valence-electron chi connectivity index (χ0n) is 14.3. The summed E-state index contributed by atoms with van der Waals surface area (Å²) in [6.45, 7) is 4.45. The predicted molar refractivity (Wildman–Crippen MR) is 101 cm³/mol. The van der Waals surface area contributed by atoms with Crippen LogP contribution >= 0.6 is 24.0 Å². The third-order valence-corrected chi connectivity index (χ3v) is 4.61. The van der Waals surface area contributed by atoms with Crippen molar-refractivity contribution >= 4 is 29.9 Å². The largest absolute Gasteiger partial charge is 0.385 e. The monoisotopic (exact) mass is 425 g/mol. The van der Waals surface area contributed by atoms with Crippen molar-refractivity contribution < 1.29 is 9.47 Å². The second kappa shape index (κ2) is 9.93. The van der Waals surface area contributed by atoms with Crippen molar-refractivity contribution in [1.29, 1.82) is 0 Å². The van der Waals surface area contributed by atoms with Crippen LogP contribution in [0.4, 0.5) is 0 Å². The van der Waals surface area contributed by atoms with Crippen LogP contribution in [0.3, 0.4) is 0 Å². The molecular weight excluding hydrogens is 393 g/mol. The Balaban J connectivity index is 0.00000242. The number of halogens is 1. The molecule has 2 rings (SSSR count). The van der Waals surface area contributed by atoms with Gasteiger partial charge >= 0.3 is 0 Å². The maximum atomic E-state index is 5.69. The van der Waals surface area contributed by atoms with Gasteiger partial charge < -0.3 is 19.7 Å². The van der Waals surface area contributed by atoms with Gasteiger partial charge in [0.2, 0.25) is 0 Å². The Morgan fingerprint density at radius 1 is 1.32 bits per heavy atom. The molecule has 22 heavy (non-hydrogen) atoms. The highest BCUT2D eigenvalue weighted by Gasteiger charge is 2.42. The predicted octanol–water partition coefficient (Wildman–Crippen LogP) is 2.35. The van der Waals surface area contributed by atoms with E-state index in [9.17, 15) is 0 Å². The van der Waals surface area contributed by atoms with Crippen molar-refractivity contribution in [2.75, 3.05) is 54.1 Å². The molecule has 0 aromatic heterocycles. The normalized spacial score (nSPS) is 19.5. The second-order valence-corrected chi connectivity index (χ2v) is 6.58. The van der Waals surface area contributed by atoms with Crippen LogP contribution in [0.15, 0.2) is 4.99 Å². The minimum absolute atomic E-state index is 0. The zero-order chi connectivity index (χ0) is 15.1. The first-order chi connectivity index (χ1) is 10.2. The lowest BCUT2D eigenvalue weighted by Gasteiger charge is -2.24. The number of guanidine groups is 1. The van der Waals surface area contributed by atoms with Crippen molar-refractivity contribution in [3.63, 3.8) is 0 Å². The minimum atomic E-state index is 0. The van der Waals surface area contributed by atoms with Crippen molar-refractivity contribution in [1.82, 2.24) is 10.2 Å². The Morgan fingerprint density at radius 2 is 2.05 bits per heavy atom. The molecule has 0 bridgehead atoms. The zero-order valence-corrected chi connectivity index (χ0v) is 16.6. The molecule has 0 atom stereocenters. The van der Waals surface area contributed by atoms with Gasteiger partial charge in [-0.2, -0.15) is 0 Å². The van der Waals surface area contributed by atoms with E-state index >= 15 is 0 Å². The van der Waals surface area contributed by atoms with Gasteiger partial charge in [0.1, 0.15) is 0 Å². The molecule has 0 aromatic rings. The molecule has 0 radical (unpaired) electrons. The van der Waals surface area contributed by atoms with Crippen LogP contribution in [-0.4, -0.2) is 65.0 Å². The second-order valence-electron chi connectivity index (χ2n) is 6.58. The fourth-order valence-corrected chi connectivity index (χ4v) is 2.50. The summed E-state index contributed by atoms with van der Waals surface area (Å²) < 4.78 is 10.9. The van der Waals surface area contributed by atoms with Gasteiger partial charge in [0, 0.05) is 47.5 Å². The van der Waals surface area contributed by atoms with Gasteiger partial charge in [-0.25, -0.2) is 0 Å². The van der Waals surface area contributed by atoms with E-state index in [1.807, 2.05) is 7.05 Å². The van der Waals surface area contributed by atoms with E-state index in [-0.39, 0.29) is 24.0 Å². The fraction of sp³-hybridized carbons (Fsp3) is 0.938. The van der Waals surface area contributed by atoms with Gasteiger partial charge in [-0.1, -0.05) is 0 Å². The van der Waals surface area contributed by atoms with Gasteiger partial charge in [-0.15, -0.1) is 24.0 Å². The maximum Gasteiger partial charge on any atom is 0.193 e. The quantitative estimate of drug-likeness (QED) is 0.253. The van der Waals surface area contributed by atoms with Crippen LogP contribution in [0.1, 0.15) is 32.1 Å². The minimum Gasteiger partial charge on any atom is -0.385 e. The average Bonchev–Trinajstić information content (AvgIpc) is 3.38. The molecule has 0 saturated heterocycles. The lowest BCUT2D eigenvalue weighted by atomic mass is 10.0. The molecule has 2 aliphatic rings. The number of hydrogen-bond acceptors (Lipinski definition) is 3. The third kappa shape index (κ3) is 7.00. The number of nitrogens with zero attached hydrogens (tertiary/aromatic N) is 2. The van der Waals surface area contributed by atoms with Crippen molar-refractivity contribution in [3.05, 3.63) is 0 Å². The summed E-state index contributed by atoms with van der Waals surface area (Å²) in [7, 11) is 5.70. The van der Waals surface area contributed by atoms with Crippen molar-refractivity contribution in [3.8, 4) is 0 Å². The molecule has 2 fully saturated rings. The van der Waals surface area contributed by atoms with E-state index in [0.717, 1.165) is 51.2 Å². The Labute approximate surface area is 152 Å². The molecule has 2 aliphatic carbocycles. The van der Waals surface area contributed by atoms with Gasteiger partial charge in [-0.05, 0) is 43.4 Å². The first kappa shape index (κ1) is 20.0. The highest BCUT2D eigenvalue weighted by Crippen LogP contribution is 2.48. The van der Waals surface area contributed by atoms with Crippen LogP contribution in [0.25, 0.3) is 0 Å². The van der Waals surface area contributed by atoms with Gasteiger partial charge in [0.05, 0.1) is 6.61 Å². The smallest absolute Gasteiger partial charge is 0.193 e. The SMILES string of the molecule is CN=C(NCC1(CCOC)CC1)N(C)CCOCC1CC1.I. The van der Waals surface area contributed by atoms with E-state index in [4.69, 9.17) is 9.47 Å². The molecular formula is C16H32IN3O2. The highest BCUT2D eigenvalue weighted by molar-refractivity contribution is 14.0. The molecule has 0 heterocycles. The molecule has 0 aliphatic heterocycles. The summed E-state index contributed by atoms with van der Waals surface area (Å²) in [5.74, 6) is 1.80. The molecule has 5 nitrogen and oxygen atoms in total. The number of ether oxygens (including phenoxy) is 2. The Morgan fingerprint density at radius 3 is 2.59 bits per heavy atom. The van der Waals surface area contributed by atoms with Crippen LogP contribution in [-0.2, 0) is 9.47 Å². The van der Waals surface area contributed by atoms with Crippen LogP contribution in [0.5, 0.6) is 0 Å². The van der Waals surface area contributed by atoms with E-state index in [1.165, 1.54) is 25.7 Å². The fourth-order valence-electron chi connectivity index (χ4n) is 2.50.